The predicted molar refractivity (Wildman–Crippen MR) is 208 cm³/mol. The Morgan fingerprint density at radius 2 is 1.82 bits per heavy atom. The third-order valence-corrected chi connectivity index (χ3v) is 12.3. The zero-order valence-electron chi connectivity index (χ0n) is 31.8. The van der Waals surface area contributed by atoms with Crippen LogP contribution in [0.1, 0.15) is 50.8 Å². The second-order valence-corrected chi connectivity index (χ2v) is 15.7. The van der Waals surface area contributed by atoms with Crippen LogP contribution in [0.5, 0.6) is 0 Å². The summed E-state index contributed by atoms with van der Waals surface area (Å²) >= 11 is 0. The fourth-order valence-corrected chi connectivity index (χ4v) is 8.80. The van der Waals surface area contributed by atoms with E-state index in [1.807, 2.05) is 57.3 Å². The molecular formula is C40H50F2N10O3. The second kappa shape index (κ2) is 15.0. The van der Waals surface area contributed by atoms with Crippen LogP contribution in [-0.4, -0.2) is 119 Å². The van der Waals surface area contributed by atoms with Crippen LogP contribution in [0, 0.1) is 11.8 Å². The fourth-order valence-electron chi connectivity index (χ4n) is 8.80. The molecule has 3 aliphatic heterocycles. The van der Waals surface area contributed by atoms with Gasteiger partial charge in [-0.05, 0) is 68.9 Å². The number of piperidine rings is 1. The van der Waals surface area contributed by atoms with E-state index >= 15 is 0 Å². The van der Waals surface area contributed by atoms with Gasteiger partial charge in [-0.25, -0.2) is 18.6 Å². The molecule has 3 aromatic heterocycles. The van der Waals surface area contributed by atoms with Gasteiger partial charge in [0.05, 0.1) is 30.0 Å². The molecule has 0 radical (unpaired) electrons. The zero-order valence-corrected chi connectivity index (χ0v) is 31.8. The molecule has 1 aliphatic carbocycles. The molecule has 6 heterocycles. The quantitative estimate of drug-likeness (QED) is 0.216. The first kappa shape index (κ1) is 37.1. The number of likely N-dealkylation sites (N-methyl/N-ethyl adjacent to an activating group) is 1. The van der Waals surface area contributed by atoms with Crippen molar-refractivity contribution in [2.75, 3.05) is 74.1 Å². The zero-order chi connectivity index (χ0) is 38.4. The number of rotatable bonds is 9. The molecule has 2 atom stereocenters. The number of benzene rings is 1. The molecule has 0 bridgehead atoms. The molecule has 13 nitrogen and oxygen atoms in total. The number of aromatic amines is 2. The van der Waals surface area contributed by atoms with E-state index in [9.17, 15) is 23.2 Å². The van der Waals surface area contributed by atoms with Crippen molar-refractivity contribution < 1.29 is 23.2 Å². The monoisotopic (exact) mass is 756 g/mol. The minimum absolute atomic E-state index is 0.0378. The lowest BCUT2D eigenvalue weighted by atomic mass is 9.81. The summed E-state index contributed by atoms with van der Waals surface area (Å²) in [5.41, 5.74) is 5.18. The van der Waals surface area contributed by atoms with Crippen molar-refractivity contribution in [2.45, 2.75) is 64.3 Å². The minimum Gasteiger partial charge on any atom is -0.357 e. The molecule has 15 heteroatoms. The van der Waals surface area contributed by atoms with Gasteiger partial charge in [-0.15, -0.1) is 0 Å². The summed E-state index contributed by atoms with van der Waals surface area (Å²) in [6.45, 7) is 10.6. The molecule has 55 heavy (non-hydrogen) atoms. The molecule has 1 aromatic carbocycles. The summed E-state index contributed by atoms with van der Waals surface area (Å²) in [5, 5.41) is 10.6. The Bertz CT molecular complexity index is 2050. The van der Waals surface area contributed by atoms with Crippen LogP contribution in [-0.2, 0) is 22.4 Å². The molecule has 292 valence electrons. The van der Waals surface area contributed by atoms with E-state index in [2.05, 4.69) is 40.2 Å². The molecule has 4 amide bonds. The molecule has 4 aliphatic rings. The average Bonchev–Trinajstić information content (AvgIpc) is 3.80. The number of H-pyrrole nitrogens is 2. The predicted octanol–water partition coefficient (Wildman–Crippen LogP) is 5.04. The Morgan fingerprint density at radius 3 is 2.53 bits per heavy atom. The molecule has 3 N–H and O–H groups in total. The maximum Gasteiger partial charge on any atom is 0.328 e. The van der Waals surface area contributed by atoms with Crippen LogP contribution in [0.2, 0.25) is 0 Å². The third-order valence-electron chi connectivity index (χ3n) is 12.3. The van der Waals surface area contributed by atoms with Crippen LogP contribution >= 0.6 is 0 Å². The number of carbonyl (C=O) groups excluding carboxylic acids is 3. The highest BCUT2D eigenvalue weighted by Gasteiger charge is 2.44. The largest absolute Gasteiger partial charge is 0.357 e. The molecule has 3 saturated heterocycles. The number of carbonyl (C=O) groups is 3. The maximum absolute atomic E-state index is 14.6. The number of amides is 4. The molecule has 4 aromatic rings. The summed E-state index contributed by atoms with van der Waals surface area (Å²) < 4.78 is 29.2. The van der Waals surface area contributed by atoms with Crippen LogP contribution in [0.25, 0.3) is 22.3 Å². The van der Waals surface area contributed by atoms with Gasteiger partial charge in [0.25, 0.3) is 5.92 Å². The first-order valence-corrected chi connectivity index (χ1v) is 19.6. The van der Waals surface area contributed by atoms with Crippen molar-refractivity contribution in [3.63, 3.8) is 0 Å². The number of imide groups is 1. The normalized spacial score (nSPS) is 21.8. The number of nitrogens with zero attached hydrogens (tertiary/aromatic N) is 7. The van der Waals surface area contributed by atoms with E-state index < -0.39 is 17.9 Å². The van der Waals surface area contributed by atoms with Gasteiger partial charge in [-0.2, -0.15) is 5.10 Å². The number of anilines is 3. The number of alkyl halides is 2. The van der Waals surface area contributed by atoms with Gasteiger partial charge in [-0.3, -0.25) is 29.8 Å². The average molecular weight is 757 g/mol. The fraction of sp³-hybridized carbons (Fsp3) is 0.525. The van der Waals surface area contributed by atoms with Crippen LogP contribution in [0.3, 0.4) is 0 Å². The smallest absolute Gasteiger partial charge is 0.328 e. The SMILES string of the molecule is CC[C@H]1Cc2c(-c3cc4ccc(N(C)C(=O)[C@H](C)N5CCN(CC6CCN(c7ccc(N8CCC(=O)NC8=O)cn7)CC6)CC5)cc4[nH]3)n[nH]c2CC1(F)F. The van der Waals surface area contributed by atoms with Crippen molar-refractivity contribution in [3.05, 3.63) is 53.9 Å². The Labute approximate surface area is 319 Å². The summed E-state index contributed by atoms with van der Waals surface area (Å²) in [5.74, 6) is -2.15. The van der Waals surface area contributed by atoms with E-state index in [1.165, 1.54) is 0 Å². The van der Waals surface area contributed by atoms with Crippen molar-refractivity contribution in [2.24, 2.45) is 11.8 Å². The number of fused-ring (bicyclic) bond motifs is 2. The molecular weight excluding hydrogens is 707 g/mol. The number of aromatic nitrogens is 4. The lowest BCUT2D eigenvalue weighted by molar-refractivity contribution is -0.123. The summed E-state index contributed by atoms with van der Waals surface area (Å²) in [4.78, 5) is 55.9. The third kappa shape index (κ3) is 7.43. The second-order valence-electron chi connectivity index (χ2n) is 15.7. The Morgan fingerprint density at radius 1 is 1.04 bits per heavy atom. The first-order chi connectivity index (χ1) is 26.5. The van der Waals surface area contributed by atoms with E-state index in [0.717, 1.165) is 92.3 Å². The molecule has 0 saturated carbocycles. The minimum atomic E-state index is -2.74. The van der Waals surface area contributed by atoms with Gasteiger partial charge >= 0.3 is 6.03 Å². The first-order valence-electron chi connectivity index (χ1n) is 19.6. The lowest BCUT2D eigenvalue weighted by Gasteiger charge is -2.41. The molecule has 0 spiro atoms. The van der Waals surface area contributed by atoms with Gasteiger partial charge in [0, 0.05) is 99.6 Å². The van der Waals surface area contributed by atoms with E-state index in [-0.39, 0.29) is 30.7 Å². The van der Waals surface area contributed by atoms with E-state index in [1.54, 1.807) is 16.0 Å². The number of urea groups is 1. The number of piperazine rings is 1. The van der Waals surface area contributed by atoms with Crippen molar-refractivity contribution in [1.82, 2.24) is 35.3 Å². The standard InChI is InChI=1S/C40H50F2N10O3/c1-4-28-20-31-34(22-40(28,41)42)46-47-37(31)33-19-27-5-6-29(21-32(27)44-33)48(3)38(54)25(2)50-17-15-49(16-18-50)24-26-9-12-51(13-10-26)35-8-7-30(23-43-35)52-14-11-36(53)45-39(52)55/h5-8,19,21,23,25-26,28,44H,4,9-18,20,22,24H2,1-3H3,(H,46,47)(H,45,53,55)/t25-,28-/m0/s1. The van der Waals surface area contributed by atoms with Crippen molar-refractivity contribution >= 4 is 45.9 Å². The number of nitrogens with one attached hydrogen (secondary N) is 3. The van der Waals surface area contributed by atoms with Gasteiger partial charge in [0.15, 0.2) is 0 Å². The van der Waals surface area contributed by atoms with Gasteiger partial charge in [0.1, 0.15) is 11.5 Å². The Hall–Kier alpha value is -4.89. The van der Waals surface area contributed by atoms with Crippen molar-refractivity contribution in [3.8, 4) is 11.4 Å². The highest BCUT2D eigenvalue weighted by molar-refractivity contribution is 6.05. The number of hydrogen-bond acceptors (Lipinski definition) is 8. The van der Waals surface area contributed by atoms with E-state index in [0.29, 0.717) is 42.4 Å². The molecule has 3 fully saturated rings. The molecule has 0 unspecified atom stereocenters. The number of pyridine rings is 1. The summed E-state index contributed by atoms with van der Waals surface area (Å²) in [6.07, 6.45) is 4.54. The van der Waals surface area contributed by atoms with Gasteiger partial charge in [0.2, 0.25) is 11.8 Å². The summed E-state index contributed by atoms with van der Waals surface area (Å²) in [6, 6.07) is 11.1. The van der Waals surface area contributed by atoms with Crippen LogP contribution < -0.4 is 20.0 Å². The number of halogens is 2. The highest BCUT2D eigenvalue weighted by Crippen LogP contribution is 2.42. The topological polar surface area (TPSA) is 137 Å². The summed E-state index contributed by atoms with van der Waals surface area (Å²) in [7, 11) is 1.82. The van der Waals surface area contributed by atoms with Crippen LogP contribution in [0.15, 0.2) is 42.6 Å². The Balaban J connectivity index is 0.813. The number of hydrogen-bond donors (Lipinski definition) is 3. The Kier molecular flexibility index (Phi) is 10.1. The maximum atomic E-state index is 14.6. The van der Waals surface area contributed by atoms with Gasteiger partial charge in [-0.1, -0.05) is 13.0 Å². The van der Waals surface area contributed by atoms with Gasteiger partial charge < -0.3 is 19.7 Å². The van der Waals surface area contributed by atoms with E-state index in [4.69, 9.17) is 0 Å². The van der Waals surface area contributed by atoms with Crippen LogP contribution in [0.4, 0.5) is 30.8 Å². The van der Waals surface area contributed by atoms with Crippen molar-refractivity contribution in [1.29, 1.82) is 0 Å². The lowest BCUT2D eigenvalue weighted by Crippen LogP contribution is -2.55. The molecule has 8 rings (SSSR count). The highest BCUT2D eigenvalue weighted by atomic mass is 19.3.